The fraction of sp³-hybridized carbons (Fsp3) is 0.609. The summed E-state index contributed by atoms with van der Waals surface area (Å²) in [5, 5.41) is 1.48. The van der Waals surface area contributed by atoms with Crippen LogP contribution in [0.3, 0.4) is 0 Å². The normalized spacial score (nSPS) is 22.6. The maximum atomic E-state index is 12.4. The summed E-state index contributed by atoms with van der Waals surface area (Å²) in [6, 6.07) is 17.4. The molecule has 0 spiro atoms. The molecule has 368 valence electrons. The number of carbonyl (C=O) groups is 2. The van der Waals surface area contributed by atoms with Crippen LogP contribution in [0.25, 0.3) is 0 Å². The Bertz CT molecular complexity index is 1990. The number of likely N-dealkylation sites (tertiary alicyclic amines) is 3. The third kappa shape index (κ3) is 19.9. The van der Waals surface area contributed by atoms with Gasteiger partial charge in [-0.2, -0.15) is 4.31 Å². The van der Waals surface area contributed by atoms with Gasteiger partial charge in [-0.15, -0.1) is 12.4 Å². The van der Waals surface area contributed by atoms with Gasteiger partial charge in [0, 0.05) is 96.8 Å². The molecule has 0 bridgehead atoms. The number of rotatable bonds is 11. The number of piperidine rings is 3. The number of benzene rings is 2. The SMILES string of the molecule is C.C=CCOC(=O)N1CCC(N2C[C@H](C)CC[C@@H]2Cc2ccc(Cl)cc2)CC1.C=CCOC(=O)N1CCC(N2C[C@H](C)N(S(C)(=O)=O)C[C@@H]2Cc2ccc(Cl)cc2)CC1.CS(=O)(=O)Cl.Cl. The number of halogens is 4. The minimum atomic E-state index is -3.28. The van der Waals surface area contributed by atoms with Gasteiger partial charge in [0.15, 0.2) is 0 Å². The maximum absolute atomic E-state index is 12.4. The molecule has 4 heterocycles. The van der Waals surface area contributed by atoms with Crippen LogP contribution < -0.4 is 0 Å². The molecule has 0 aromatic heterocycles. The predicted molar refractivity (Wildman–Crippen MR) is 268 cm³/mol. The van der Waals surface area contributed by atoms with Crippen molar-refractivity contribution < 1.29 is 35.9 Å². The molecule has 2 aromatic carbocycles. The van der Waals surface area contributed by atoms with E-state index >= 15 is 0 Å². The highest BCUT2D eigenvalue weighted by Crippen LogP contribution is 2.31. The molecule has 4 aliphatic heterocycles. The number of nitrogens with zero attached hydrogens (tertiary/aromatic N) is 5. The lowest BCUT2D eigenvalue weighted by Crippen LogP contribution is -2.63. The molecular formula is C46H71Cl4N5O8S2. The van der Waals surface area contributed by atoms with Crippen molar-refractivity contribution in [3.05, 3.63) is 95.0 Å². The molecule has 0 saturated carbocycles. The molecule has 0 radical (unpaired) electrons. The van der Waals surface area contributed by atoms with Crippen LogP contribution in [0.15, 0.2) is 73.8 Å². The van der Waals surface area contributed by atoms with Crippen molar-refractivity contribution in [2.45, 2.75) is 103 Å². The van der Waals surface area contributed by atoms with Gasteiger partial charge >= 0.3 is 12.2 Å². The molecule has 0 N–H and O–H groups in total. The summed E-state index contributed by atoms with van der Waals surface area (Å²) in [4.78, 5) is 32.9. The van der Waals surface area contributed by atoms with Gasteiger partial charge in [0.1, 0.15) is 13.2 Å². The Morgan fingerprint density at radius 2 is 1.05 bits per heavy atom. The van der Waals surface area contributed by atoms with E-state index < -0.39 is 19.1 Å². The van der Waals surface area contributed by atoms with Crippen LogP contribution >= 0.6 is 46.3 Å². The quantitative estimate of drug-likeness (QED) is 0.159. The van der Waals surface area contributed by atoms with Gasteiger partial charge in [-0.05, 0) is 99.6 Å². The lowest BCUT2D eigenvalue weighted by atomic mass is 9.87. The molecule has 4 saturated heterocycles. The molecule has 4 atom stereocenters. The van der Waals surface area contributed by atoms with E-state index in [1.54, 1.807) is 21.4 Å². The van der Waals surface area contributed by atoms with Crippen LogP contribution in [0.2, 0.25) is 10.0 Å². The number of sulfonamides is 1. The summed E-state index contributed by atoms with van der Waals surface area (Å²) < 4.78 is 55.5. The Kier molecular flexibility index (Phi) is 25.2. The summed E-state index contributed by atoms with van der Waals surface area (Å²) in [5.74, 6) is 0.738. The summed E-state index contributed by atoms with van der Waals surface area (Å²) in [6.45, 7) is 17.1. The average Bonchev–Trinajstić information content (AvgIpc) is 3.24. The second-order valence-electron chi connectivity index (χ2n) is 17.1. The molecule has 6 rings (SSSR count). The second kappa shape index (κ2) is 28.0. The standard InChI is InChI=1S/C22H32ClN3O4S.C22H31ClN2O2.CH3ClO2S.CH4.ClH/c1-4-13-30-22(27)24-11-9-20(10-12-24)25-15-17(2)26(31(3,28)29)16-21(25)14-18-5-7-19(23)8-6-18;1-3-14-27-22(26)24-12-10-20(11-13-24)25-16-17(2)4-9-21(25)15-18-5-7-19(23)8-6-18;1-5(2,3)4;;/h4-8,17,20-21H,1,9-16H2,2-3H3;3,5-8,17,20-21H,1,4,9-16H2,2H3;1H3;1H4;1H/t2*17-,21-;;;/m01.../s1. The van der Waals surface area contributed by atoms with Gasteiger partial charge < -0.3 is 19.3 Å². The lowest BCUT2D eigenvalue weighted by molar-refractivity contribution is 0.0167. The summed E-state index contributed by atoms with van der Waals surface area (Å²) in [5.41, 5.74) is 2.49. The van der Waals surface area contributed by atoms with Crippen molar-refractivity contribution in [2.24, 2.45) is 5.92 Å². The number of carbonyl (C=O) groups excluding carboxylic acids is 2. The first-order valence-electron chi connectivity index (χ1n) is 21.7. The number of piperazine rings is 1. The summed E-state index contributed by atoms with van der Waals surface area (Å²) in [7, 11) is -1.97. The molecule has 2 amide bonds. The molecule has 19 heteroatoms. The lowest BCUT2D eigenvalue weighted by Gasteiger charge is -2.49. The molecule has 65 heavy (non-hydrogen) atoms. The highest BCUT2D eigenvalue weighted by Gasteiger charge is 2.40. The van der Waals surface area contributed by atoms with Crippen LogP contribution in [0.5, 0.6) is 0 Å². The number of hydrogen-bond acceptors (Lipinski definition) is 10. The monoisotopic (exact) mass is 1030 g/mol. The van der Waals surface area contributed by atoms with E-state index in [0.29, 0.717) is 49.3 Å². The third-order valence-corrected chi connectivity index (χ3v) is 13.9. The van der Waals surface area contributed by atoms with Crippen molar-refractivity contribution in [3.8, 4) is 0 Å². The maximum Gasteiger partial charge on any atom is 0.410 e. The van der Waals surface area contributed by atoms with Crippen LogP contribution in [-0.4, -0.2) is 155 Å². The van der Waals surface area contributed by atoms with E-state index in [9.17, 15) is 26.4 Å². The first-order valence-corrected chi connectivity index (χ1v) is 27.0. The zero-order valence-corrected chi connectivity index (χ0v) is 42.3. The van der Waals surface area contributed by atoms with Crippen molar-refractivity contribution in [3.63, 3.8) is 0 Å². The first-order chi connectivity index (χ1) is 29.7. The molecule has 4 fully saturated rings. The Labute approximate surface area is 410 Å². The Morgan fingerprint density at radius 3 is 1.43 bits per heavy atom. The van der Waals surface area contributed by atoms with Gasteiger partial charge in [-0.25, -0.2) is 26.4 Å². The predicted octanol–water partition coefficient (Wildman–Crippen LogP) is 9.02. The Hall–Kier alpha value is -2.60. The average molecular weight is 1030 g/mol. The van der Waals surface area contributed by atoms with E-state index in [0.717, 1.165) is 80.9 Å². The molecule has 4 aliphatic rings. The topological polar surface area (TPSA) is 137 Å². The summed E-state index contributed by atoms with van der Waals surface area (Å²) in [6.07, 6.45) is 13.0. The Balaban J connectivity index is 0.000000396. The largest absolute Gasteiger partial charge is 0.445 e. The third-order valence-electron chi connectivity index (χ3n) is 12.0. The fourth-order valence-corrected chi connectivity index (χ4v) is 10.4. The number of hydrogen-bond donors (Lipinski definition) is 0. The van der Waals surface area contributed by atoms with E-state index in [4.69, 9.17) is 32.7 Å². The van der Waals surface area contributed by atoms with Crippen molar-refractivity contribution in [1.82, 2.24) is 23.9 Å². The van der Waals surface area contributed by atoms with Crippen molar-refractivity contribution in [2.75, 3.05) is 71.5 Å². The van der Waals surface area contributed by atoms with E-state index in [1.165, 1.54) is 24.7 Å². The van der Waals surface area contributed by atoms with Gasteiger partial charge in [0.05, 0.1) is 12.5 Å². The molecule has 0 unspecified atom stereocenters. The fourth-order valence-electron chi connectivity index (χ4n) is 9.03. The highest BCUT2D eigenvalue weighted by molar-refractivity contribution is 8.13. The minimum absolute atomic E-state index is 0. The molecule has 2 aromatic rings. The van der Waals surface area contributed by atoms with Gasteiger partial charge in [-0.1, -0.05) is 87.1 Å². The van der Waals surface area contributed by atoms with E-state index in [2.05, 4.69) is 52.7 Å². The molecular weight excluding hydrogens is 956 g/mol. The minimum Gasteiger partial charge on any atom is -0.445 e. The highest BCUT2D eigenvalue weighted by atomic mass is 35.7. The zero-order chi connectivity index (χ0) is 46.3. The number of ether oxygens (including phenoxy) is 2. The van der Waals surface area contributed by atoms with Gasteiger partial charge in [-0.3, -0.25) is 9.80 Å². The van der Waals surface area contributed by atoms with Crippen molar-refractivity contribution >= 4 is 77.6 Å². The van der Waals surface area contributed by atoms with Gasteiger partial charge in [0.2, 0.25) is 19.1 Å². The van der Waals surface area contributed by atoms with Crippen LogP contribution in [0.1, 0.15) is 70.9 Å². The zero-order valence-electron chi connectivity index (χ0n) is 37.5. The van der Waals surface area contributed by atoms with Crippen molar-refractivity contribution in [1.29, 1.82) is 0 Å². The second-order valence-corrected chi connectivity index (χ2v) is 22.9. The van der Waals surface area contributed by atoms with E-state index in [1.807, 2.05) is 48.2 Å². The molecule has 13 nitrogen and oxygen atoms in total. The van der Waals surface area contributed by atoms with Crippen LogP contribution in [-0.2, 0) is 41.4 Å². The first kappa shape index (κ1) is 58.5. The van der Waals surface area contributed by atoms with E-state index in [-0.39, 0.29) is 57.3 Å². The number of amides is 2. The summed E-state index contributed by atoms with van der Waals surface area (Å²) >= 11 is 12.1. The van der Waals surface area contributed by atoms with Gasteiger partial charge in [0.25, 0.3) is 0 Å². The smallest absolute Gasteiger partial charge is 0.410 e. The van der Waals surface area contributed by atoms with Crippen LogP contribution in [0.4, 0.5) is 9.59 Å². The van der Waals surface area contributed by atoms with Crippen LogP contribution in [0, 0.1) is 5.92 Å². The molecule has 0 aliphatic carbocycles. The Morgan fingerprint density at radius 1 is 0.662 bits per heavy atom.